The summed E-state index contributed by atoms with van der Waals surface area (Å²) >= 11 is 0. The fraction of sp³-hybridized carbons (Fsp3) is 0.562. The highest BCUT2D eigenvalue weighted by Crippen LogP contribution is 2.23. The smallest absolute Gasteiger partial charge is 0.220 e. The molecule has 0 aromatic heterocycles. The Kier molecular flexibility index (Phi) is 4.25. The number of hydrogen-bond donors (Lipinski definition) is 2. The second-order valence-corrected chi connectivity index (χ2v) is 6.09. The molecule has 0 heterocycles. The molecule has 19 heavy (non-hydrogen) atoms. The molecular weight excluding hydrogens is 236 g/mol. The van der Waals surface area contributed by atoms with E-state index in [0.29, 0.717) is 13.0 Å². The lowest BCUT2D eigenvalue weighted by molar-refractivity contribution is -0.122. The van der Waals surface area contributed by atoms with Gasteiger partial charge in [-0.15, -0.1) is 0 Å². The summed E-state index contributed by atoms with van der Waals surface area (Å²) in [7, 11) is 0. The molecule has 0 bridgehead atoms. The van der Waals surface area contributed by atoms with Gasteiger partial charge in [0, 0.05) is 18.5 Å². The first-order valence-corrected chi connectivity index (χ1v) is 7.12. The van der Waals surface area contributed by atoms with E-state index in [-0.39, 0.29) is 11.4 Å². The molecule has 0 unspecified atom stereocenters. The summed E-state index contributed by atoms with van der Waals surface area (Å²) in [6.07, 6.45) is 5.00. The van der Waals surface area contributed by atoms with Crippen LogP contribution < -0.4 is 11.1 Å². The van der Waals surface area contributed by atoms with Gasteiger partial charge >= 0.3 is 0 Å². The van der Waals surface area contributed by atoms with Crippen molar-refractivity contribution in [2.45, 2.75) is 51.5 Å². The Morgan fingerprint density at radius 1 is 1.32 bits per heavy atom. The fourth-order valence-electron chi connectivity index (χ4n) is 2.53. The summed E-state index contributed by atoms with van der Waals surface area (Å²) in [5.41, 5.74) is 9.52. The van der Waals surface area contributed by atoms with Crippen molar-refractivity contribution in [2.24, 2.45) is 5.73 Å². The van der Waals surface area contributed by atoms with Crippen molar-refractivity contribution in [2.75, 3.05) is 6.54 Å². The zero-order valence-electron chi connectivity index (χ0n) is 12.0. The first kappa shape index (κ1) is 14.1. The van der Waals surface area contributed by atoms with E-state index in [1.165, 1.54) is 36.0 Å². The number of carbonyl (C=O) groups excluding carboxylic acids is 1. The van der Waals surface area contributed by atoms with Gasteiger partial charge in [-0.2, -0.15) is 0 Å². The second-order valence-electron chi connectivity index (χ2n) is 6.09. The molecule has 0 fully saturated rings. The largest absolute Gasteiger partial charge is 0.350 e. The maximum Gasteiger partial charge on any atom is 0.220 e. The fourth-order valence-corrected chi connectivity index (χ4v) is 2.53. The minimum atomic E-state index is -0.310. The van der Waals surface area contributed by atoms with Crippen LogP contribution in [0.3, 0.4) is 0 Å². The van der Waals surface area contributed by atoms with Gasteiger partial charge in [-0.25, -0.2) is 0 Å². The van der Waals surface area contributed by atoms with Gasteiger partial charge in [0.05, 0.1) is 0 Å². The summed E-state index contributed by atoms with van der Waals surface area (Å²) in [5, 5.41) is 2.96. The van der Waals surface area contributed by atoms with Crippen molar-refractivity contribution >= 4 is 5.91 Å². The average molecular weight is 260 g/mol. The summed E-state index contributed by atoms with van der Waals surface area (Å²) < 4.78 is 0. The van der Waals surface area contributed by atoms with Crippen LogP contribution in [0.25, 0.3) is 0 Å². The number of fused-ring (bicyclic) bond motifs is 1. The van der Waals surface area contributed by atoms with Crippen LogP contribution in [0.15, 0.2) is 18.2 Å². The topological polar surface area (TPSA) is 55.1 Å². The van der Waals surface area contributed by atoms with Crippen molar-refractivity contribution in [1.82, 2.24) is 5.32 Å². The molecule has 1 amide bonds. The van der Waals surface area contributed by atoms with E-state index in [2.05, 4.69) is 23.5 Å². The van der Waals surface area contributed by atoms with E-state index < -0.39 is 0 Å². The van der Waals surface area contributed by atoms with Gasteiger partial charge in [-0.05, 0) is 56.2 Å². The van der Waals surface area contributed by atoms with Gasteiger partial charge < -0.3 is 11.1 Å². The number of hydrogen-bond acceptors (Lipinski definition) is 2. The number of aryl methyl sites for hydroxylation is 3. The van der Waals surface area contributed by atoms with Gasteiger partial charge in [0.2, 0.25) is 5.91 Å². The van der Waals surface area contributed by atoms with E-state index in [1.54, 1.807) is 0 Å². The van der Waals surface area contributed by atoms with E-state index >= 15 is 0 Å². The Bertz CT molecular complexity index is 466. The zero-order chi connectivity index (χ0) is 13.9. The number of benzene rings is 1. The van der Waals surface area contributed by atoms with Crippen LogP contribution in [0.5, 0.6) is 0 Å². The molecule has 0 atom stereocenters. The Labute approximate surface area is 115 Å². The Morgan fingerprint density at radius 2 is 2.05 bits per heavy atom. The highest BCUT2D eigenvalue weighted by atomic mass is 16.1. The second kappa shape index (κ2) is 5.74. The molecular formula is C16H24N2O. The highest BCUT2D eigenvalue weighted by molar-refractivity contribution is 5.77. The van der Waals surface area contributed by atoms with Crippen molar-refractivity contribution in [3.8, 4) is 0 Å². The monoisotopic (exact) mass is 260 g/mol. The molecule has 0 saturated heterocycles. The predicted octanol–water partition coefficient (Wildman–Crippen LogP) is 1.96. The van der Waals surface area contributed by atoms with E-state index in [9.17, 15) is 4.79 Å². The molecule has 1 aliphatic carbocycles. The first-order valence-electron chi connectivity index (χ1n) is 7.12. The Balaban J connectivity index is 1.87. The van der Waals surface area contributed by atoms with Crippen LogP contribution in [0.2, 0.25) is 0 Å². The summed E-state index contributed by atoms with van der Waals surface area (Å²) in [6.45, 7) is 4.35. The van der Waals surface area contributed by atoms with Crippen molar-refractivity contribution in [3.63, 3.8) is 0 Å². The molecule has 3 nitrogen and oxygen atoms in total. The van der Waals surface area contributed by atoms with Crippen LogP contribution in [-0.4, -0.2) is 18.0 Å². The predicted molar refractivity (Wildman–Crippen MR) is 78.1 cm³/mol. The molecule has 1 aliphatic rings. The van der Waals surface area contributed by atoms with Crippen LogP contribution in [0.1, 0.15) is 43.4 Å². The minimum absolute atomic E-state index is 0.0796. The van der Waals surface area contributed by atoms with E-state index in [0.717, 1.165) is 6.42 Å². The van der Waals surface area contributed by atoms with Gasteiger partial charge in [-0.1, -0.05) is 18.2 Å². The Morgan fingerprint density at radius 3 is 2.79 bits per heavy atom. The summed E-state index contributed by atoms with van der Waals surface area (Å²) in [5.74, 6) is 0.0796. The van der Waals surface area contributed by atoms with Crippen LogP contribution in [0, 0.1) is 0 Å². The molecule has 1 aromatic rings. The van der Waals surface area contributed by atoms with Gasteiger partial charge in [-0.3, -0.25) is 4.79 Å². The third-order valence-electron chi connectivity index (χ3n) is 3.79. The van der Waals surface area contributed by atoms with Crippen molar-refractivity contribution in [3.05, 3.63) is 34.9 Å². The lowest BCUT2D eigenvalue weighted by Crippen LogP contribution is -2.48. The molecule has 0 saturated carbocycles. The van der Waals surface area contributed by atoms with Crippen LogP contribution in [-0.2, 0) is 24.1 Å². The third kappa shape index (κ3) is 3.80. The first-order chi connectivity index (χ1) is 9.00. The number of nitrogens with two attached hydrogens (primary N) is 1. The molecule has 2 rings (SSSR count). The number of amides is 1. The van der Waals surface area contributed by atoms with Crippen molar-refractivity contribution < 1.29 is 4.79 Å². The minimum Gasteiger partial charge on any atom is -0.350 e. The molecule has 1 aromatic carbocycles. The SMILES string of the molecule is CC(C)(CN)NC(=O)CCc1ccc2c(c1)CCC2. The maximum absolute atomic E-state index is 11.9. The number of carbonyl (C=O) groups is 1. The Hall–Kier alpha value is -1.35. The summed E-state index contributed by atoms with van der Waals surface area (Å²) in [4.78, 5) is 11.9. The molecule has 3 heteroatoms. The molecule has 0 radical (unpaired) electrons. The summed E-state index contributed by atoms with van der Waals surface area (Å²) in [6, 6.07) is 6.65. The molecule has 0 spiro atoms. The lowest BCUT2D eigenvalue weighted by atomic mass is 10.0. The lowest BCUT2D eigenvalue weighted by Gasteiger charge is -2.24. The van der Waals surface area contributed by atoms with Crippen molar-refractivity contribution in [1.29, 1.82) is 0 Å². The average Bonchev–Trinajstić information content (AvgIpc) is 2.83. The normalized spacial score (nSPS) is 14.3. The van der Waals surface area contributed by atoms with Gasteiger partial charge in [0.1, 0.15) is 0 Å². The molecule has 3 N–H and O–H groups in total. The number of nitrogens with one attached hydrogen (secondary N) is 1. The molecule has 0 aliphatic heterocycles. The van der Waals surface area contributed by atoms with E-state index in [4.69, 9.17) is 5.73 Å². The van der Waals surface area contributed by atoms with Gasteiger partial charge in [0.15, 0.2) is 0 Å². The zero-order valence-corrected chi connectivity index (χ0v) is 12.0. The molecule has 104 valence electrons. The van der Waals surface area contributed by atoms with E-state index in [1.807, 2.05) is 13.8 Å². The standard InChI is InChI=1S/C16H24N2O/c1-16(2,11-17)18-15(19)9-7-12-6-8-13-4-3-5-14(13)10-12/h6,8,10H,3-5,7,9,11,17H2,1-2H3,(H,18,19). The van der Waals surface area contributed by atoms with Gasteiger partial charge in [0.25, 0.3) is 0 Å². The quantitative estimate of drug-likeness (QED) is 0.850. The number of rotatable bonds is 5. The highest BCUT2D eigenvalue weighted by Gasteiger charge is 2.18. The van der Waals surface area contributed by atoms with Crippen LogP contribution >= 0.6 is 0 Å². The maximum atomic E-state index is 11.9. The third-order valence-corrected chi connectivity index (χ3v) is 3.79. The van der Waals surface area contributed by atoms with Crippen LogP contribution in [0.4, 0.5) is 0 Å².